The van der Waals surface area contributed by atoms with Gasteiger partial charge >= 0.3 is 27.5 Å². The van der Waals surface area contributed by atoms with Gasteiger partial charge in [-0.25, -0.2) is 0 Å². The summed E-state index contributed by atoms with van der Waals surface area (Å²) in [6, 6.07) is 0. The first-order valence-electron chi connectivity index (χ1n) is 8.74. The molecule has 30 heavy (non-hydrogen) atoms. The number of aryl methyl sites for hydroxylation is 2. The second-order valence-corrected chi connectivity index (χ2v) is 11.2. The van der Waals surface area contributed by atoms with Crippen LogP contribution in [0.5, 0.6) is 0 Å². The highest BCUT2D eigenvalue weighted by atomic mass is 79.9. The fraction of sp³-hybridized carbons (Fsp3) is 0.571. The van der Waals surface area contributed by atoms with Gasteiger partial charge in [-0.05, 0) is 28.8 Å². The smallest absolute Gasteiger partial charge is 0.423 e. The minimum Gasteiger partial charge on any atom is -0.423 e. The summed E-state index contributed by atoms with van der Waals surface area (Å²) in [5.74, 6) is 0. The molecule has 0 aromatic carbocycles. The summed E-state index contributed by atoms with van der Waals surface area (Å²) < 4.78 is 51.2. The lowest BCUT2D eigenvalue weighted by molar-refractivity contribution is 0.425. The molecule has 2 rings (SSSR count). The Hall–Kier alpha value is -1.30. The Morgan fingerprint density at radius 3 is 1.60 bits per heavy atom. The van der Waals surface area contributed by atoms with Crippen molar-refractivity contribution in [1.82, 2.24) is 27.0 Å². The van der Waals surface area contributed by atoms with Crippen LogP contribution in [0.25, 0.3) is 0 Å². The first-order chi connectivity index (χ1) is 13.7. The average molecular weight is 529 g/mol. The summed E-state index contributed by atoms with van der Waals surface area (Å²) in [6.07, 6.45) is 3.67. The largest absolute Gasteiger partial charge is 0.491 e. The van der Waals surface area contributed by atoms with E-state index in [-0.39, 0.29) is 5.46 Å². The number of hydrogen-bond acceptors (Lipinski definition) is 8. The van der Waals surface area contributed by atoms with Gasteiger partial charge in [-0.1, -0.05) is 13.8 Å². The van der Waals surface area contributed by atoms with E-state index in [4.69, 9.17) is 10.0 Å². The van der Waals surface area contributed by atoms with Crippen molar-refractivity contribution in [3.05, 3.63) is 28.3 Å². The van der Waals surface area contributed by atoms with E-state index in [2.05, 4.69) is 26.1 Å². The summed E-state index contributed by atoms with van der Waals surface area (Å²) in [5, 5.41) is 25.9. The molecule has 0 atom stereocenters. The van der Waals surface area contributed by atoms with E-state index in [0.29, 0.717) is 23.0 Å². The zero-order chi connectivity index (χ0) is 23.4. The van der Waals surface area contributed by atoms with E-state index < -0.39 is 27.5 Å². The lowest BCUT2D eigenvalue weighted by atomic mass is 9.80. The molecule has 170 valence electrons. The summed E-state index contributed by atoms with van der Waals surface area (Å²) in [4.78, 5) is 0. The highest BCUT2D eigenvalue weighted by Crippen LogP contribution is 2.16. The lowest BCUT2D eigenvalue weighted by Crippen LogP contribution is -2.32. The van der Waals surface area contributed by atoms with Crippen LogP contribution in [0.2, 0.25) is 0 Å². The van der Waals surface area contributed by atoms with E-state index >= 15 is 0 Å². The predicted octanol–water partition coefficient (Wildman–Crippen LogP) is -1.36. The monoisotopic (exact) mass is 528 g/mol. The van der Waals surface area contributed by atoms with Crippen LogP contribution >= 0.6 is 15.9 Å². The zero-order valence-corrected chi connectivity index (χ0v) is 20.8. The van der Waals surface area contributed by atoms with Crippen LogP contribution in [0.1, 0.15) is 25.2 Å². The molecule has 0 bridgehead atoms. The molecule has 0 aliphatic carbocycles. The molecule has 0 fully saturated rings. The molecule has 0 unspecified atom stereocenters. The van der Waals surface area contributed by atoms with Crippen LogP contribution in [0.4, 0.5) is 0 Å². The van der Waals surface area contributed by atoms with Gasteiger partial charge in [-0.15, -0.1) is 0 Å². The van der Waals surface area contributed by atoms with Crippen LogP contribution in [0.3, 0.4) is 0 Å². The molecule has 0 aliphatic rings. The van der Waals surface area contributed by atoms with E-state index in [9.17, 15) is 16.8 Å². The van der Waals surface area contributed by atoms with Gasteiger partial charge in [0.05, 0.1) is 22.1 Å². The Bertz CT molecular complexity index is 1060. The molecule has 12 nitrogen and oxygen atoms in total. The fourth-order valence-corrected chi connectivity index (χ4v) is 4.31. The Morgan fingerprint density at radius 1 is 0.900 bits per heavy atom. The van der Waals surface area contributed by atoms with Crippen LogP contribution in [0, 0.1) is 0 Å². The first kappa shape index (κ1) is 26.7. The number of aromatic nitrogens is 4. The van der Waals surface area contributed by atoms with Crippen molar-refractivity contribution in [3.8, 4) is 0 Å². The molecule has 0 radical (unpaired) electrons. The SMILES string of the molecule is CCc1nn(S(=O)(=O)N(C)C)cc1B(O)O.CCc1nn(S(=O)(=O)N(C)C)cc1Br. The standard InChI is InChI=1S/C7H14BN3O4S.C7H12BrN3O2S/c1-4-7-6(8(12)13)5-11(9-7)16(14,15)10(2)3;1-4-7-6(8)5-11(9-7)14(12,13)10(2)3/h5,12-13H,4H2,1-3H3;5H,4H2,1-3H3. The number of hydrogen-bond donors (Lipinski definition) is 2. The van der Waals surface area contributed by atoms with E-state index in [0.717, 1.165) is 28.7 Å². The number of nitrogens with zero attached hydrogens (tertiary/aromatic N) is 6. The molecule has 16 heteroatoms. The number of rotatable bonds is 7. The molecule has 0 saturated carbocycles. The predicted molar refractivity (Wildman–Crippen MR) is 117 cm³/mol. The van der Waals surface area contributed by atoms with Gasteiger partial charge in [-0.3, -0.25) is 0 Å². The highest BCUT2D eigenvalue weighted by molar-refractivity contribution is 9.10. The third-order valence-corrected chi connectivity index (χ3v) is 7.69. The molecule has 2 aromatic heterocycles. The molecule has 0 spiro atoms. The quantitative estimate of drug-likeness (QED) is 0.418. The van der Waals surface area contributed by atoms with Gasteiger partial charge < -0.3 is 10.0 Å². The van der Waals surface area contributed by atoms with Crippen molar-refractivity contribution in [2.75, 3.05) is 28.2 Å². The second-order valence-electron chi connectivity index (χ2n) is 6.36. The van der Waals surface area contributed by atoms with E-state index in [1.807, 2.05) is 6.92 Å². The normalized spacial score (nSPS) is 12.2. The number of halogens is 1. The van der Waals surface area contributed by atoms with Crippen molar-refractivity contribution in [1.29, 1.82) is 0 Å². The molecule has 0 saturated heterocycles. The minimum atomic E-state index is -3.71. The molecule has 0 amide bonds. The fourth-order valence-electron chi connectivity index (χ4n) is 2.07. The maximum Gasteiger partial charge on any atom is 0.491 e. The van der Waals surface area contributed by atoms with Gasteiger partial charge in [0.1, 0.15) is 0 Å². The summed E-state index contributed by atoms with van der Waals surface area (Å²) in [7, 11) is -3.22. The van der Waals surface area contributed by atoms with Gasteiger partial charge in [-0.2, -0.15) is 43.8 Å². The van der Waals surface area contributed by atoms with Gasteiger partial charge in [0.2, 0.25) is 0 Å². The molecule has 0 aliphatic heterocycles. The van der Waals surface area contributed by atoms with Crippen molar-refractivity contribution in [2.24, 2.45) is 0 Å². The Kier molecular flexibility index (Phi) is 9.22. The summed E-state index contributed by atoms with van der Waals surface area (Å²) >= 11 is 3.25. The Morgan fingerprint density at radius 2 is 1.30 bits per heavy atom. The summed E-state index contributed by atoms with van der Waals surface area (Å²) in [6.45, 7) is 3.67. The second kappa shape index (κ2) is 10.3. The average Bonchev–Trinajstić information content (AvgIpc) is 3.26. The topological polar surface area (TPSA) is 151 Å². The van der Waals surface area contributed by atoms with E-state index in [1.165, 1.54) is 34.4 Å². The van der Waals surface area contributed by atoms with Crippen molar-refractivity contribution < 1.29 is 26.9 Å². The molecule has 2 heterocycles. The molecule has 2 N–H and O–H groups in total. The first-order valence-corrected chi connectivity index (χ1v) is 12.3. The van der Waals surface area contributed by atoms with Crippen LogP contribution < -0.4 is 5.46 Å². The Balaban J connectivity index is 0.000000303. The van der Waals surface area contributed by atoms with Crippen molar-refractivity contribution in [3.63, 3.8) is 0 Å². The third-order valence-electron chi connectivity index (χ3n) is 3.86. The van der Waals surface area contributed by atoms with Crippen molar-refractivity contribution >= 4 is 48.9 Å². The van der Waals surface area contributed by atoms with Gasteiger partial charge in [0.25, 0.3) is 0 Å². The van der Waals surface area contributed by atoms with Crippen LogP contribution in [0.15, 0.2) is 16.9 Å². The summed E-state index contributed by atoms with van der Waals surface area (Å²) in [5.41, 5.74) is 1.18. The Labute approximate surface area is 185 Å². The van der Waals surface area contributed by atoms with Crippen molar-refractivity contribution in [2.45, 2.75) is 26.7 Å². The van der Waals surface area contributed by atoms with Crippen LogP contribution in [-0.4, -0.2) is 89.2 Å². The van der Waals surface area contributed by atoms with E-state index in [1.54, 1.807) is 6.92 Å². The zero-order valence-electron chi connectivity index (χ0n) is 17.6. The molecular formula is C14H26BBrN6O6S2. The maximum atomic E-state index is 11.7. The maximum absolute atomic E-state index is 11.7. The highest BCUT2D eigenvalue weighted by Gasteiger charge is 2.25. The molecular weight excluding hydrogens is 503 g/mol. The minimum absolute atomic E-state index is 0.105. The van der Waals surface area contributed by atoms with Gasteiger partial charge in [0, 0.05) is 39.9 Å². The van der Waals surface area contributed by atoms with Crippen LogP contribution in [-0.2, 0) is 33.3 Å². The lowest BCUT2D eigenvalue weighted by Gasteiger charge is -2.10. The molecule has 2 aromatic rings. The third kappa shape index (κ3) is 5.90. The van der Waals surface area contributed by atoms with Gasteiger partial charge in [0.15, 0.2) is 0 Å².